The minimum absolute atomic E-state index is 0.265. The van der Waals surface area contributed by atoms with E-state index >= 15 is 0 Å². The maximum absolute atomic E-state index is 12.7. The van der Waals surface area contributed by atoms with E-state index < -0.39 is 29.6 Å². The summed E-state index contributed by atoms with van der Waals surface area (Å²) in [4.78, 5) is 13.3. The Morgan fingerprint density at radius 2 is 2.14 bits per heavy atom. The summed E-state index contributed by atoms with van der Waals surface area (Å²) in [5.41, 5.74) is -1.79. The summed E-state index contributed by atoms with van der Waals surface area (Å²) in [7, 11) is 0. The number of nitrogens with zero attached hydrogens (tertiary/aromatic N) is 1. The third-order valence-corrected chi connectivity index (χ3v) is 1.96. The molecule has 0 aliphatic rings. The Labute approximate surface area is 84.7 Å². The molecular weight excluding hydrogens is 267 g/mol. The Hall–Kier alpha value is -1.11. The zero-order valence-electron chi connectivity index (χ0n) is 6.47. The van der Waals surface area contributed by atoms with Crippen molar-refractivity contribution in [3.05, 3.63) is 27.7 Å². The van der Waals surface area contributed by atoms with Gasteiger partial charge in [-0.1, -0.05) is 0 Å². The van der Waals surface area contributed by atoms with Crippen LogP contribution in [0.1, 0.15) is 22.5 Å². The monoisotopic (exact) mass is 269 g/mol. The fraction of sp³-hybridized carbons (Fsp3) is 0.143. The van der Waals surface area contributed by atoms with Crippen LogP contribution in [-0.4, -0.2) is 16.1 Å². The van der Waals surface area contributed by atoms with Crippen molar-refractivity contribution in [1.82, 2.24) is 4.98 Å². The highest BCUT2D eigenvalue weighted by molar-refractivity contribution is 9.10. The maximum atomic E-state index is 12.7. The highest BCUT2D eigenvalue weighted by atomic mass is 79.9. The molecule has 14 heavy (non-hydrogen) atoms. The molecule has 0 bridgehead atoms. The number of hydrogen-bond acceptors (Lipinski definition) is 2. The topological polar surface area (TPSA) is 50.2 Å². The second-order valence-electron chi connectivity index (χ2n) is 2.30. The van der Waals surface area contributed by atoms with Gasteiger partial charge in [-0.15, -0.1) is 0 Å². The van der Waals surface area contributed by atoms with Gasteiger partial charge in [0.25, 0.3) is 6.43 Å². The Bertz CT molecular complexity index is 383. The number of pyridine rings is 1. The molecule has 0 aromatic carbocycles. The van der Waals surface area contributed by atoms with Crippen molar-refractivity contribution in [2.75, 3.05) is 0 Å². The van der Waals surface area contributed by atoms with Gasteiger partial charge >= 0.3 is 5.97 Å². The molecule has 0 fully saturated rings. The summed E-state index contributed by atoms with van der Waals surface area (Å²) in [6.07, 6.45) is -3.12. The number of alkyl halides is 2. The van der Waals surface area contributed by atoms with E-state index in [0.29, 0.717) is 0 Å². The number of halogens is 4. The standard InChI is InChI=1S/C7H3BrF3NO2/c8-3-1-2(7(13)14)4(5(9)10)12-6(3)11/h1,5H,(H,13,14). The van der Waals surface area contributed by atoms with Crippen molar-refractivity contribution in [3.8, 4) is 0 Å². The van der Waals surface area contributed by atoms with Crippen LogP contribution >= 0.6 is 15.9 Å². The first-order chi connectivity index (χ1) is 6.43. The summed E-state index contributed by atoms with van der Waals surface area (Å²) in [6.45, 7) is 0. The minimum atomic E-state index is -3.12. The number of rotatable bonds is 2. The summed E-state index contributed by atoms with van der Waals surface area (Å²) >= 11 is 2.65. The first-order valence-electron chi connectivity index (χ1n) is 3.31. The third-order valence-electron chi connectivity index (χ3n) is 1.40. The van der Waals surface area contributed by atoms with E-state index in [1.807, 2.05) is 0 Å². The van der Waals surface area contributed by atoms with Gasteiger partial charge in [0.15, 0.2) is 0 Å². The van der Waals surface area contributed by atoms with Crippen molar-refractivity contribution in [1.29, 1.82) is 0 Å². The van der Waals surface area contributed by atoms with Crippen molar-refractivity contribution in [3.63, 3.8) is 0 Å². The van der Waals surface area contributed by atoms with E-state index in [4.69, 9.17) is 5.11 Å². The van der Waals surface area contributed by atoms with Gasteiger partial charge in [-0.3, -0.25) is 0 Å². The third kappa shape index (κ3) is 2.03. The number of aromatic carboxylic acids is 1. The van der Waals surface area contributed by atoms with Crippen LogP contribution in [0.5, 0.6) is 0 Å². The lowest BCUT2D eigenvalue weighted by Gasteiger charge is -2.04. The summed E-state index contributed by atoms with van der Waals surface area (Å²) in [6, 6.07) is 0.756. The van der Waals surface area contributed by atoms with Gasteiger partial charge in [0, 0.05) is 0 Å². The molecule has 1 aromatic rings. The van der Waals surface area contributed by atoms with Crippen molar-refractivity contribution >= 4 is 21.9 Å². The lowest BCUT2D eigenvalue weighted by molar-refractivity contribution is 0.0681. The van der Waals surface area contributed by atoms with E-state index in [9.17, 15) is 18.0 Å². The SMILES string of the molecule is O=C(O)c1cc(Br)c(F)nc1C(F)F. The smallest absolute Gasteiger partial charge is 0.337 e. The van der Waals surface area contributed by atoms with E-state index in [2.05, 4.69) is 20.9 Å². The summed E-state index contributed by atoms with van der Waals surface area (Å²) in [5, 5.41) is 8.51. The molecule has 0 saturated carbocycles. The van der Waals surface area contributed by atoms with Gasteiger partial charge in [0.1, 0.15) is 5.69 Å². The van der Waals surface area contributed by atoms with Crippen LogP contribution in [0.3, 0.4) is 0 Å². The van der Waals surface area contributed by atoms with Gasteiger partial charge in [0.05, 0.1) is 10.0 Å². The predicted molar refractivity (Wildman–Crippen MR) is 43.8 cm³/mol. The van der Waals surface area contributed by atoms with Crippen LogP contribution in [-0.2, 0) is 0 Å². The Morgan fingerprint density at radius 1 is 1.57 bits per heavy atom. The second kappa shape index (κ2) is 3.95. The van der Waals surface area contributed by atoms with E-state index in [1.54, 1.807) is 0 Å². The molecule has 1 rings (SSSR count). The number of carbonyl (C=O) groups is 1. The summed E-state index contributed by atoms with van der Waals surface area (Å²) in [5.74, 6) is -2.74. The minimum Gasteiger partial charge on any atom is -0.478 e. The maximum Gasteiger partial charge on any atom is 0.337 e. The van der Waals surface area contributed by atoms with E-state index in [1.165, 1.54) is 0 Å². The van der Waals surface area contributed by atoms with Crippen LogP contribution in [0.2, 0.25) is 0 Å². The highest BCUT2D eigenvalue weighted by Gasteiger charge is 2.22. The van der Waals surface area contributed by atoms with Gasteiger partial charge in [0.2, 0.25) is 5.95 Å². The number of hydrogen-bond donors (Lipinski definition) is 1. The summed E-state index contributed by atoms with van der Waals surface area (Å²) < 4.78 is 36.8. The molecule has 1 aromatic heterocycles. The number of carboxylic acids is 1. The van der Waals surface area contributed by atoms with Gasteiger partial charge in [-0.25, -0.2) is 18.6 Å². The van der Waals surface area contributed by atoms with Crippen LogP contribution < -0.4 is 0 Å². The molecule has 0 aliphatic carbocycles. The molecule has 0 saturated heterocycles. The lowest BCUT2D eigenvalue weighted by atomic mass is 10.2. The van der Waals surface area contributed by atoms with Crippen LogP contribution in [0.15, 0.2) is 10.5 Å². The second-order valence-corrected chi connectivity index (χ2v) is 3.15. The van der Waals surface area contributed by atoms with Gasteiger partial charge < -0.3 is 5.11 Å². The molecule has 0 amide bonds. The zero-order chi connectivity index (χ0) is 10.9. The zero-order valence-corrected chi connectivity index (χ0v) is 8.06. The molecule has 0 aliphatic heterocycles. The normalized spacial score (nSPS) is 10.6. The van der Waals surface area contributed by atoms with E-state index in [-0.39, 0.29) is 4.47 Å². The van der Waals surface area contributed by atoms with Gasteiger partial charge in [-0.2, -0.15) is 4.39 Å². The molecule has 0 spiro atoms. The molecule has 0 radical (unpaired) electrons. The van der Waals surface area contributed by atoms with Gasteiger partial charge in [-0.05, 0) is 22.0 Å². The highest BCUT2D eigenvalue weighted by Crippen LogP contribution is 2.25. The van der Waals surface area contributed by atoms with Crippen molar-refractivity contribution in [2.24, 2.45) is 0 Å². The quantitative estimate of drug-likeness (QED) is 0.840. The fourth-order valence-electron chi connectivity index (χ4n) is 0.817. The van der Waals surface area contributed by atoms with Crippen LogP contribution in [0.25, 0.3) is 0 Å². The molecule has 76 valence electrons. The molecule has 1 N–H and O–H groups in total. The molecular formula is C7H3BrF3NO2. The van der Waals surface area contributed by atoms with E-state index in [0.717, 1.165) is 6.07 Å². The predicted octanol–water partition coefficient (Wildman–Crippen LogP) is 2.62. The Balaban J connectivity index is 3.39. The average Bonchev–Trinajstić information content (AvgIpc) is 2.08. The Kier molecular flexibility index (Phi) is 3.10. The molecule has 0 unspecified atom stereocenters. The Morgan fingerprint density at radius 3 is 2.57 bits per heavy atom. The average molecular weight is 270 g/mol. The van der Waals surface area contributed by atoms with Crippen molar-refractivity contribution in [2.45, 2.75) is 6.43 Å². The number of aromatic nitrogens is 1. The molecule has 0 atom stereocenters. The molecule has 3 nitrogen and oxygen atoms in total. The number of carboxylic acid groups (broad SMARTS) is 1. The first-order valence-corrected chi connectivity index (χ1v) is 4.10. The first kappa shape index (κ1) is 11.0. The molecule has 1 heterocycles. The van der Waals surface area contributed by atoms with Crippen LogP contribution in [0, 0.1) is 5.95 Å². The largest absolute Gasteiger partial charge is 0.478 e. The van der Waals surface area contributed by atoms with Crippen LogP contribution in [0.4, 0.5) is 13.2 Å². The lowest BCUT2D eigenvalue weighted by Crippen LogP contribution is -2.07. The van der Waals surface area contributed by atoms with Crippen molar-refractivity contribution < 1.29 is 23.1 Å². The molecule has 7 heteroatoms. The fourth-order valence-corrected chi connectivity index (χ4v) is 1.13.